The van der Waals surface area contributed by atoms with Crippen LogP contribution in [-0.2, 0) is 4.74 Å². The lowest BCUT2D eigenvalue weighted by atomic mass is 10.2. The third-order valence-electron chi connectivity index (χ3n) is 3.02. The maximum absolute atomic E-state index is 14.0. The van der Waals surface area contributed by atoms with Crippen molar-refractivity contribution < 1.29 is 14.2 Å². The molecule has 1 saturated heterocycles. The van der Waals surface area contributed by atoms with Gasteiger partial charge in [-0.15, -0.1) is 11.6 Å². The lowest BCUT2D eigenvalue weighted by Crippen LogP contribution is -2.36. The van der Waals surface area contributed by atoms with Crippen molar-refractivity contribution >= 4 is 23.0 Å². The fourth-order valence-electron chi connectivity index (χ4n) is 1.97. The molecule has 1 fully saturated rings. The van der Waals surface area contributed by atoms with Crippen LogP contribution in [-0.4, -0.2) is 49.9 Å². The van der Waals surface area contributed by atoms with Gasteiger partial charge in [0.25, 0.3) is 0 Å². The normalized spacial score (nSPS) is 17.3. The van der Waals surface area contributed by atoms with Gasteiger partial charge < -0.3 is 20.1 Å². The summed E-state index contributed by atoms with van der Waals surface area (Å²) >= 11 is 5.49. The molecule has 1 aliphatic rings. The highest BCUT2D eigenvalue weighted by Gasteiger charge is 2.15. The zero-order valence-corrected chi connectivity index (χ0v) is 11.4. The lowest BCUT2D eigenvalue weighted by molar-refractivity contribution is 0.122. The number of morpholine rings is 1. The Morgan fingerprint density at radius 1 is 1.42 bits per heavy atom. The number of hydrogen-bond donors (Lipinski definition) is 2. The van der Waals surface area contributed by atoms with Gasteiger partial charge in [0.2, 0.25) is 0 Å². The van der Waals surface area contributed by atoms with Crippen LogP contribution in [0.2, 0.25) is 0 Å². The minimum absolute atomic E-state index is 0.154. The number of benzene rings is 1. The van der Waals surface area contributed by atoms with Crippen molar-refractivity contribution in [3.8, 4) is 0 Å². The van der Waals surface area contributed by atoms with E-state index in [0.717, 1.165) is 0 Å². The van der Waals surface area contributed by atoms with Crippen molar-refractivity contribution in [2.75, 3.05) is 48.9 Å². The molecule has 1 aromatic rings. The average molecular weight is 289 g/mol. The Bertz CT molecular complexity index is 414. The second-order valence-electron chi connectivity index (χ2n) is 4.45. The molecule has 2 N–H and O–H groups in total. The fourth-order valence-corrected chi connectivity index (χ4v) is 2.08. The molecule has 0 radical (unpaired) electrons. The minimum Gasteiger partial charge on any atom is -0.390 e. The summed E-state index contributed by atoms with van der Waals surface area (Å²) in [6.45, 7) is 2.96. The molecular weight excluding hydrogens is 271 g/mol. The van der Waals surface area contributed by atoms with Crippen molar-refractivity contribution in [3.05, 3.63) is 24.0 Å². The van der Waals surface area contributed by atoms with E-state index in [1.54, 1.807) is 12.1 Å². The molecule has 2 rings (SSSR count). The lowest BCUT2D eigenvalue weighted by Gasteiger charge is -2.29. The Hall–Kier alpha value is -1.04. The molecule has 0 amide bonds. The van der Waals surface area contributed by atoms with E-state index < -0.39 is 6.10 Å². The number of halogens is 2. The van der Waals surface area contributed by atoms with Gasteiger partial charge in [0.15, 0.2) is 0 Å². The molecule has 0 spiro atoms. The van der Waals surface area contributed by atoms with E-state index in [0.29, 0.717) is 44.2 Å². The summed E-state index contributed by atoms with van der Waals surface area (Å²) in [5.74, 6) is -0.117. The zero-order chi connectivity index (χ0) is 13.7. The first-order valence-corrected chi connectivity index (χ1v) is 6.84. The number of alkyl halides is 1. The number of hydrogen-bond acceptors (Lipinski definition) is 4. The predicted octanol–water partition coefficient (Wildman–Crippen LogP) is 1.67. The summed E-state index contributed by atoms with van der Waals surface area (Å²) < 4.78 is 19.3. The maximum atomic E-state index is 14.0. The molecule has 1 aliphatic heterocycles. The zero-order valence-electron chi connectivity index (χ0n) is 10.6. The van der Waals surface area contributed by atoms with Gasteiger partial charge in [0.05, 0.1) is 30.9 Å². The van der Waals surface area contributed by atoms with Gasteiger partial charge in [0.1, 0.15) is 5.82 Å². The number of nitrogens with zero attached hydrogens (tertiary/aromatic N) is 1. The fraction of sp³-hybridized carbons (Fsp3) is 0.538. The smallest absolute Gasteiger partial charge is 0.148 e. The standard InChI is InChI=1S/C13H18ClFN2O2/c14-8-11(18)9-16-10-1-2-13(12(15)7-10)17-3-5-19-6-4-17/h1-2,7,11,16,18H,3-6,8-9H2/t11-/m1/s1. The monoisotopic (exact) mass is 288 g/mol. The SMILES string of the molecule is O[C@H](CCl)CNc1ccc(N2CCOCC2)c(F)c1. The maximum Gasteiger partial charge on any atom is 0.148 e. The summed E-state index contributed by atoms with van der Waals surface area (Å²) in [6, 6.07) is 4.98. The summed E-state index contributed by atoms with van der Waals surface area (Å²) in [6.07, 6.45) is -0.636. The molecule has 0 aromatic heterocycles. The Morgan fingerprint density at radius 2 is 2.16 bits per heavy atom. The second-order valence-corrected chi connectivity index (χ2v) is 4.76. The van der Waals surface area contributed by atoms with E-state index >= 15 is 0 Å². The van der Waals surface area contributed by atoms with Crippen molar-refractivity contribution in [1.82, 2.24) is 0 Å². The first kappa shape index (κ1) is 14.4. The molecular formula is C13H18ClFN2O2. The van der Waals surface area contributed by atoms with Gasteiger partial charge >= 0.3 is 0 Å². The largest absolute Gasteiger partial charge is 0.390 e. The molecule has 4 nitrogen and oxygen atoms in total. The molecule has 1 aromatic carbocycles. The van der Waals surface area contributed by atoms with E-state index in [-0.39, 0.29) is 11.7 Å². The number of anilines is 2. The van der Waals surface area contributed by atoms with Crippen LogP contribution in [0.15, 0.2) is 18.2 Å². The van der Waals surface area contributed by atoms with Gasteiger partial charge in [-0.05, 0) is 18.2 Å². The van der Waals surface area contributed by atoms with Crippen LogP contribution in [0.3, 0.4) is 0 Å². The van der Waals surface area contributed by atoms with Crippen LogP contribution in [0, 0.1) is 5.82 Å². The highest BCUT2D eigenvalue weighted by molar-refractivity contribution is 6.18. The molecule has 1 atom stereocenters. The van der Waals surface area contributed by atoms with Gasteiger partial charge in [-0.25, -0.2) is 4.39 Å². The van der Waals surface area contributed by atoms with Crippen LogP contribution in [0.1, 0.15) is 0 Å². The van der Waals surface area contributed by atoms with Crippen molar-refractivity contribution in [3.63, 3.8) is 0 Å². The molecule has 1 heterocycles. The summed E-state index contributed by atoms with van der Waals surface area (Å²) in [4.78, 5) is 1.97. The number of aliphatic hydroxyl groups excluding tert-OH is 1. The molecule has 19 heavy (non-hydrogen) atoms. The number of aliphatic hydroxyl groups is 1. The third-order valence-corrected chi connectivity index (χ3v) is 3.38. The first-order valence-electron chi connectivity index (χ1n) is 6.31. The molecule has 0 unspecified atom stereocenters. The van der Waals surface area contributed by atoms with Gasteiger partial charge in [0, 0.05) is 25.3 Å². The number of ether oxygens (including phenoxy) is 1. The Morgan fingerprint density at radius 3 is 2.79 bits per heavy atom. The summed E-state index contributed by atoms with van der Waals surface area (Å²) in [7, 11) is 0. The Labute approximate surface area is 117 Å². The molecule has 0 aliphatic carbocycles. The van der Waals surface area contributed by atoms with Gasteiger partial charge in [-0.2, -0.15) is 0 Å². The van der Waals surface area contributed by atoms with E-state index in [1.165, 1.54) is 6.07 Å². The van der Waals surface area contributed by atoms with E-state index in [1.807, 2.05) is 4.90 Å². The van der Waals surface area contributed by atoms with Crippen LogP contribution in [0.5, 0.6) is 0 Å². The molecule has 6 heteroatoms. The van der Waals surface area contributed by atoms with Crippen molar-refractivity contribution in [1.29, 1.82) is 0 Å². The van der Waals surface area contributed by atoms with Crippen molar-refractivity contribution in [2.45, 2.75) is 6.10 Å². The minimum atomic E-state index is -0.636. The topological polar surface area (TPSA) is 44.7 Å². The van der Waals surface area contributed by atoms with E-state index in [4.69, 9.17) is 16.3 Å². The quantitative estimate of drug-likeness (QED) is 0.809. The van der Waals surface area contributed by atoms with E-state index in [2.05, 4.69) is 5.32 Å². The molecule has 0 bridgehead atoms. The van der Waals surface area contributed by atoms with Crippen molar-refractivity contribution in [2.24, 2.45) is 0 Å². The summed E-state index contributed by atoms with van der Waals surface area (Å²) in [5.41, 5.74) is 1.23. The number of nitrogens with one attached hydrogen (secondary N) is 1. The van der Waals surface area contributed by atoms with Gasteiger partial charge in [-0.1, -0.05) is 0 Å². The molecule has 106 valence electrons. The summed E-state index contributed by atoms with van der Waals surface area (Å²) in [5, 5.41) is 12.3. The highest BCUT2D eigenvalue weighted by atomic mass is 35.5. The average Bonchev–Trinajstić information content (AvgIpc) is 2.45. The van der Waals surface area contributed by atoms with Gasteiger partial charge in [-0.3, -0.25) is 0 Å². The Balaban J connectivity index is 2.00. The van der Waals surface area contributed by atoms with Crippen LogP contribution in [0.25, 0.3) is 0 Å². The predicted molar refractivity (Wildman–Crippen MR) is 74.6 cm³/mol. The molecule has 0 saturated carbocycles. The Kier molecular flexibility index (Phi) is 5.24. The number of rotatable bonds is 5. The van der Waals surface area contributed by atoms with Crippen LogP contribution < -0.4 is 10.2 Å². The third kappa shape index (κ3) is 3.96. The van der Waals surface area contributed by atoms with Crippen LogP contribution >= 0.6 is 11.6 Å². The van der Waals surface area contributed by atoms with Crippen LogP contribution in [0.4, 0.5) is 15.8 Å². The highest BCUT2D eigenvalue weighted by Crippen LogP contribution is 2.23. The first-order chi connectivity index (χ1) is 9.20. The second kappa shape index (κ2) is 6.93. The van der Waals surface area contributed by atoms with E-state index in [9.17, 15) is 9.50 Å².